The molecule has 144 valence electrons. The van der Waals surface area contributed by atoms with Crippen molar-refractivity contribution in [3.05, 3.63) is 65.7 Å². The molecule has 5 nitrogen and oxygen atoms in total. The number of para-hydroxylation sites is 1. The van der Waals surface area contributed by atoms with Crippen molar-refractivity contribution in [3.63, 3.8) is 0 Å². The summed E-state index contributed by atoms with van der Waals surface area (Å²) in [6.45, 7) is 3.49. The van der Waals surface area contributed by atoms with E-state index in [2.05, 4.69) is 17.1 Å². The van der Waals surface area contributed by atoms with Crippen molar-refractivity contribution in [2.45, 2.75) is 32.3 Å². The van der Waals surface area contributed by atoms with Crippen molar-refractivity contribution in [2.75, 3.05) is 23.3 Å². The molecule has 1 amide bonds. The summed E-state index contributed by atoms with van der Waals surface area (Å²) in [6, 6.07) is 17.5. The van der Waals surface area contributed by atoms with Crippen LogP contribution in [0.4, 0.5) is 11.5 Å². The maximum Gasteiger partial charge on any atom is 0.256 e. The van der Waals surface area contributed by atoms with Crippen LogP contribution >= 0.6 is 0 Å². The summed E-state index contributed by atoms with van der Waals surface area (Å²) in [6.07, 6.45) is 2.34. The van der Waals surface area contributed by atoms with Gasteiger partial charge in [0.05, 0.1) is 17.2 Å². The maximum atomic E-state index is 13.1. The zero-order valence-electron chi connectivity index (χ0n) is 16.1. The van der Waals surface area contributed by atoms with E-state index in [-0.39, 0.29) is 12.0 Å². The molecule has 1 aliphatic rings. The Kier molecular flexibility index (Phi) is 5.26. The Morgan fingerprint density at radius 3 is 2.75 bits per heavy atom. The average Bonchev–Trinajstić information content (AvgIpc) is 2.73. The number of benzene rings is 2. The Hall–Kier alpha value is -2.92. The van der Waals surface area contributed by atoms with Crippen LogP contribution in [-0.4, -0.2) is 35.2 Å². The van der Waals surface area contributed by atoms with Crippen LogP contribution in [0.25, 0.3) is 10.9 Å². The van der Waals surface area contributed by atoms with Gasteiger partial charge in [-0.3, -0.25) is 4.79 Å². The molecule has 1 atom stereocenters. The van der Waals surface area contributed by atoms with E-state index in [1.807, 2.05) is 54.6 Å². The number of β-amino-alcohol motifs (C(OH)–C–C–N with tert-alkyl or cyclic N) is 1. The molecular formula is C23H25N3O2. The molecule has 1 aromatic heterocycles. The number of rotatable bonds is 4. The normalized spacial score (nSPS) is 16.9. The number of fused-ring (bicyclic) bond motifs is 1. The van der Waals surface area contributed by atoms with Gasteiger partial charge in [-0.1, -0.05) is 37.3 Å². The van der Waals surface area contributed by atoms with E-state index in [9.17, 15) is 9.90 Å². The van der Waals surface area contributed by atoms with Crippen LogP contribution in [-0.2, 0) is 6.42 Å². The van der Waals surface area contributed by atoms with Gasteiger partial charge < -0.3 is 15.3 Å². The third kappa shape index (κ3) is 3.85. The standard InChI is InChI=1S/C23H25N3O2/c1-2-16-9-11-17(12-10-16)24-23(28)20-14-22(26-13-5-6-18(27)15-26)25-21-8-4-3-7-19(20)21/h3-4,7-12,14,18,27H,2,5-6,13,15H2,1H3,(H,24,28). The maximum absolute atomic E-state index is 13.1. The van der Waals surface area contributed by atoms with Gasteiger partial charge in [0.15, 0.2) is 0 Å². The topological polar surface area (TPSA) is 65.5 Å². The number of hydrogen-bond donors (Lipinski definition) is 2. The zero-order valence-corrected chi connectivity index (χ0v) is 16.1. The van der Waals surface area contributed by atoms with E-state index >= 15 is 0 Å². The first-order valence-corrected chi connectivity index (χ1v) is 9.87. The number of pyridine rings is 1. The number of nitrogens with zero attached hydrogens (tertiary/aromatic N) is 2. The van der Waals surface area contributed by atoms with Crippen LogP contribution in [0.3, 0.4) is 0 Å². The number of aromatic nitrogens is 1. The Labute approximate surface area is 165 Å². The second kappa shape index (κ2) is 7.98. The molecule has 1 saturated heterocycles. The Bertz CT molecular complexity index is 985. The van der Waals surface area contributed by atoms with Crippen molar-refractivity contribution in [1.29, 1.82) is 0 Å². The van der Waals surface area contributed by atoms with E-state index in [0.29, 0.717) is 12.1 Å². The number of carbonyl (C=O) groups is 1. The van der Waals surface area contributed by atoms with Crippen LogP contribution in [0, 0.1) is 0 Å². The first kappa shape index (κ1) is 18.4. The zero-order chi connectivity index (χ0) is 19.5. The van der Waals surface area contributed by atoms with E-state index in [1.165, 1.54) is 5.56 Å². The molecule has 0 bridgehead atoms. The quantitative estimate of drug-likeness (QED) is 0.723. The van der Waals surface area contributed by atoms with Crippen molar-refractivity contribution in [3.8, 4) is 0 Å². The van der Waals surface area contributed by atoms with Gasteiger partial charge in [0, 0.05) is 24.2 Å². The fourth-order valence-corrected chi connectivity index (χ4v) is 3.70. The van der Waals surface area contributed by atoms with Gasteiger partial charge in [0.2, 0.25) is 0 Å². The number of amides is 1. The average molecular weight is 375 g/mol. The molecule has 2 aromatic carbocycles. The third-order valence-electron chi connectivity index (χ3n) is 5.29. The number of aliphatic hydroxyl groups is 1. The molecule has 2 N–H and O–H groups in total. The highest BCUT2D eigenvalue weighted by Gasteiger charge is 2.21. The second-order valence-corrected chi connectivity index (χ2v) is 7.29. The van der Waals surface area contributed by atoms with Crippen LogP contribution in [0.5, 0.6) is 0 Å². The summed E-state index contributed by atoms with van der Waals surface area (Å²) in [4.78, 5) is 19.9. The molecule has 5 heteroatoms. The lowest BCUT2D eigenvalue weighted by Gasteiger charge is -2.31. The van der Waals surface area contributed by atoms with Gasteiger partial charge in [-0.15, -0.1) is 0 Å². The number of aryl methyl sites for hydroxylation is 1. The first-order valence-electron chi connectivity index (χ1n) is 9.87. The smallest absolute Gasteiger partial charge is 0.256 e. The fourth-order valence-electron chi connectivity index (χ4n) is 3.70. The molecule has 0 spiro atoms. The highest BCUT2D eigenvalue weighted by Crippen LogP contribution is 2.26. The Morgan fingerprint density at radius 1 is 1.21 bits per heavy atom. The summed E-state index contributed by atoms with van der Waals surface area (Å²) < 4.78 is 0. The molecule has 0 saturated carbocycles. The highest BCUT2D eigenvalue weighted by molar-refractivity contribution is 6.13. The second-order valence-electron chi connectivity index (χ2n) is 7.29. The molecule has 1 aliphatic heterocycles. The minimum absolute atomic E-state index is 0.151. The van der Waals surface area contributed by atoms with E-state index in [0.717, 1.165) is 48.2 Å². The lowest BCUT2D eigenvalue weighted by molar-refractivity contribution is 0.102. The summed E-state index contributed by atoms with van der Waals surface area (Å²) >= 11 is 0. The van der Waals surface area contributed by atoms with Gasteiger partial charge in [-0.05, 0) is 49.1 Å². The molecule has 3 aromatic rings. The first-order chi connectivity index (χ1) is 13.6. The van der Waals surface area contributed by atoms with Crippen molar-refractivity contribution in [2.24, 2.45) is 0 Å². The molecule has 4 rings (SSSR count). The van der Waals surface area contributed by atoms with Crippen molar-refractivity contribution >= 4 is 28.3 Å². The molecule has 28 heavy (non-hydrogen) atoms. The molecule has 2 heterocycles. The largest absolute Gasteiger partial charge is 0.391 e. The molecule has 0 radical (unpaired) electrons. The Balaban J connectivity index is 1.68. The van der Waals surface area contributed by atoms with Crippen molar-refractivity contribution in [1.82, 2.24) is 4.98 Å². The summed E-state index contributed by atoms with van der Waals surface area (Å²) in [7, 11) is 0. The molecule has 1 unspecified atom stereocenters. The fraction of sp³-hybridized carbons (Fsp3) is 0.304. The predicted octanol–water partition coefficient (Wildman–Crippen LogP) is 4.01. The summed E-state index contributed by atoms with van der Waals surface area (Å²) in [5.74, 6) is 0.589. The van der Waals surface area contributed by atoms with E-state index in [4.69, 9.17) is 4.98 Å². The molecule has 1 fully saturated rings. The lowest BCUT2D eigenvalue weighted by Crippen LogP contribution is -2.38. The van der Waals surface area contributed by atoms with Gasteiger partial charge in [0.1, 0.15) is 5.82 Å². The third-order valence-corrected chi connectivity index (χ3v) is 5.29. The van der Waals surface area contributed by atoms with Gasteiger partial charge in [0.25, 0.3) is 5.91 Å². The van der Waals surface area contributed by atoms with E-state index < -0.39 is 0 Å². The number of anilines is 2. The van der Waals surface area contributed by atoms with Crippen molar-refractivity contribution < 1.29 is 9.90 Å². The minimum atomic E-state index is -0.351. The summed E-state index contributed by atoms with van der Waals surface area (Å²) in [5.41, 5.74) is 3.39. The van der Waals surface area contributed by atoms with Crippen LogP contribution in [0.15, 0.2) is 54.6 Å². The highest BCUT2D eigenvalue weighted by atomic mass is 16.3. The summed E-state index contributed by atoms with van der Waals surface area (Å²) in [5, 5.41) is 13.9. The number of aliphatic hydroxyl groups excluding tert-OH is 1. The number of piperidine rings is 1. The monoisotopic (exact) mass is 375 g/mol. The van der Waals surface area contributed by atoms with Crippen LogP contribution in [0.1, 0.15) is 35.7 Å². The van der Waals surface area contributed by atoms with E-state index in [1.54, 1.807) is 0 Å². The van der Waals surface area contributed by atoms with Gasteiger partial charge in [-0.2, -0.15) is 0 Å². The van der Waals surface area contributed by atoms with Crippen LogP contribution < -0.4 is 10.2 Å². The Morgan fingerprint density at radius 2 is 2.00 bits per heavy atom. The van der Waals surface area contributed by atoms with Gasteiger partial charge in [-0.25, -0.2) is 4.98 Å². The molecular weight excluding hydrogens is 350 g/mol. The SMILES string of the molecule is CCc1ccc(NC(=O)c2cc(N3CCCC(O)C3)nc3ccccc23)cc1. The number of carbonyl (C=O) groups excluding carboxylic acids is 1. The minimum Gasteiger partial charge on any atom is -0.391 e. The van der Waals surface area contributed by atoms with Crippen LogP contribution in [0.2, 0.25) is 0 Å². The molecule has 0 aliphatic carbocycles. The number of nitrogens with one attached hydrogen (secondary N) is 1. The predicted molar refractivity (Wildman–Crippen MR) is 113 cm³/mol. The lowest BCUT2D eigenvalue weighted by atomic mass is 10.1. The number of hydrogen-bond acceptors (Lipinski definition) is 4. The van der Waals surface area contributed by atoms with Gasteiger partial charge >= 0.3 is 0 Å².